The smallest absolute Gasteiger partial charge is 0.419 e. The van der Waals surface area contributed by atoms with Gasteiger partial charge in [0.15, 0.2) is 6.61 Å². The fourth-order valence-electron chi connectivity index (χ4n) is 3.02. The number of piperidine rings is 1. The molecule has 11 heteroatoms. The lowest BCUT2D eigenvalue weighted by atomic mass is 9.98. The van der Waals surface area contributed by atoms with Gasteiger partial charge in [-0.15, -0.1) is 0 Å². The molecular weight excluding hydrogens is 405 g/mol. The van der Waals surface area contributed by atoms with Gasteiger partial charge in [0.25, 0.3) is 5.91 Å². The van der Waals surface area contributed by atoms with Crippen molar-refractivity contribution in [2.24, 2.45) is 5.92 Å². The predicted molar refractivity (Wildman–Crippen MR) is 102 cm³/mol. The Kier molecular flexibility index (Phi) is 7.27. The number of ether oxygens (including phenoxy) is 1. The van der Waals surface area contributed by atoms with E-state index in [0.717, 1.165) is 6.07 Å². The molecule has 0 aromatic carbocycles. The molecule has 1 unspecified atom stereocenters. The van der Waals surface area contributed by atoms with E-state index < -0.39 is 47.7 Å². The van der Waals surface area contributed by atoms with Crippen LogP contribution in [0.1, 0.15) is 39.2 Å². The van der Waals surface area contributed by atoms with Gasteiger partial charge < -0.3 is 15.0 Å². The van der Waals surface area contributed by atoms with Crippen molar-refractivity contribution in [2.45, 2.75) is 45.3 Å². The summed E-state index contributed by atoms with van der Waals surface area (Å²) in [5.74, 6) is -2.46. The number of halogens is 3. The molecule has 30 heavy (non-hydrogen) atoms. The van der Waals surface area contributed by atoms with Crippen LogP contribution in [0.25, 0.3) is 0 Å². The van der Waals surface area contributed by atoms with E-state index in [2.05, 4.69) is 10.3 Å². The summed E-state index contributed by atoms with van der Waals surface area (Å²) in [6.07, 6.45) is -2.42. The fourth-order valence-corrected chi connectivity index (χ4v) is 3.02. The Morgan fingerprint density at radius 2 is 1.97 bits per heavy atom. The number of hydrogen-bond donors (Lipinski definition) is 2. The average Bonchev–Trinajstić information content (AvgIpc) is 2.64. The third-order valence-corrected chi connectivity index (χ3v) is 4.23. The van der Waals surface area contributed by atoms with Crippen molar-refractivity contribution in [3.8, 4) is 0 Å². The first kappa shape index (κ1) is 23.4. The highest BCUT2D eigenvalue weighted by Gasteiger charge is 2.37. The van der Waals surface area contributed by atoms with Crippen molar-refractivity contribution in [3.05, 3.63) is 23.9 Å². The van der Waals surface area contributed by atoms with Crippen molar-refractivity contribution >= 4 is 23.7 Å². The van der Waals surface area contributed by atoms with Crippen LogP contribution in [0.5, 0.6) is 0 Å². The van der Waals surface area contributed by atoms with E-state index in [0.29, 0.717) is 19.4 Å². The zero-order valence-electron chi connectivity index (χ0n) is 17.0. The Balaban J connectivity index is 1.93. The molecule has 0 bridgehead atoms. The van der Waals surface area contributed by atoms with Crippen LogP contribution in [0, 0.1) is 5.92 Å². The van der Waals surface area contributed by atoms with Crippen LogP contribution in [0.15, 0.2) is 18.3 Å². The third-order valence-electron chi connectivity index (χ3n) is 4.23. The summed E-state index contributed by atoms with van der Waals surface area (Å²) < 4.78 is 44.7. The maximum Gasteiger partial charge on any atom is 0.419 e. The van der Waals surface area contributed by atoms with E-state index in [-0.39, 0.29) is 12.4 Å². The molecule has 1 aliphatic heterocycles. The maximum atomic E-state index is 13.2. The number of urea groups is 1. The molecule has 0 spiro atoms. The van der Waals surface area contributed by atoms with Gasteiger partial charge in [-0.3, -0.25) is 14.9 Å². The van der Waals surface area contributed by atoms with Crippen LogP contribution in [0.4, 0.5) is 23.8 Å². The molecule has 8 nitrogen and oxygen atoms in total. The average molecular weight is 430 g/mol. The van der Waals surface area contributed by atoms with Gasteiger partial charge in [0.1, 0.15) is 5.82 Å². The van der Waals surface area contributed by atoms with Crippen LogP contribution in [-0.2, 0) is 20.5 Å². The first-order chi connectivity index (χ1) is 13.9. The van der Waals surface area contributed by atoms with Gasteiger partial charge in [-0.05, 0) is 45.7 Å². The minimum Gasteiger partial charge on any atom is -0.455 e. The Morgan fingerprint density at radius 1 is 1.27 bits per heavy atom. The van der Waals surface area contributed by atoms with E-state index in [9.17, 15) is 27.6 Å². The number of esters is 1. The monoisotopic (exact) mass is 430 g/mol. The lowest BCUT2D eigenvalue weighted by molar-refractivity contribution is -0.152. The minimum absolute atomic E-state index is 0.00887. The molecule has 2 heterocycles. The minimum atomic E-state index is -4.57. The second kappa shape index (κ2) is 9.31. The van der Waals surface area contributed by atoms with E-state index in [1.807, 2.05) is 5.32 Å². The molecule has 1 aromatic rings. The topological polar surface area (TPSA) is 101 Å². The number of anilines is 1. The normalized spacial score (nSPS) is 17.3. The number of nitrogens with zero attached hydrogens (tertiary/aromatic N) is 2. The molecule has 2 rings (SSSR count). The summed E-state index contributed by atoms with van der Waals surface area (Å²) in [7, 11) is 0. The summed E-state index contributed by atoms with van der Waals surface area (Å²) in [5.41, 5.74) is -1.42. The highest BCUT2D eigenvalue weighted by Crippen LogP contribution is 2.36. The van der Waals surface area contributed by atoms with Gasteiger partial charge in [-0.1, -0.05) is 0 Å². The van der Waals surface area contributed by atoms with E-state index in [1.54, 1.807) is 20.8 Å². The molecule has 1 fully saturated rings. The lowest BCUT2D eigenvalue weighted by Gasteiger charge is -2.33. The lowest BCUT2D eigenvalue weighted by Crippen LogP contribution is -2.49. The Labute approximate surface area is 172 Å². The number of carbonyl (C=O) groups excluding carboxylic acids is 3. The summed E-state index contributed by atoms with van der Waals surface area (Å²) in [6.45, 7) is 4.85. The highest BCUT2D eigenvalue weighted by atomic mass is 19.4. The summed E-state index contributed by atoms with van der Waals surface area (Å²) in [4.78, 5) is 41.0. The number of imide groups is 1. The number of carbonyl (C=O) groups is 3. The zero-order valence-corrected chi connectivity index (χ0v) is 17.0. The van der Waals surface area contributed by atoms with Gasteiger partial charge in [-0.2, -0.15) is 13.2 Å². The summed E-state index contributed by atoms with van der Waals surface area (Å²) in [5, 5.41) is 4.57. The molecule has 1 atom stereocenters. The zero-order chi connectivity index (χ0) is 22.5. The molecule has 0 saturated carbocycles. The molecule has 2 N–H and O–H groups in total. The van der Waals surface area contributed by atoms with E-state index in [4.69, 9.17) is 4.74 Å². The second-order valence-electron chi connectivity index (χ2n) is 8.02. The van der Waals surface area contributed by atoms with Crippen molar-refractivity contribution in [1.82, 2.24) is 15.6 Å². The Bertz CT molecular complexity index is 793. The Morgan fingerprint density at radius 3 is 2.60 bits per heavy atom. The first-order valence-corrected chi connectivity index (χ1v) is 9.42. The van der Waals surface area contributed by atoms with Crippen molar-refractivity contribution in [3.63, 3.8) is 0 Å². The first-order valence-electron chi connectivity index (χ1n) is 9.42. The number of alkyl halides is 3. The second-order valence-corrected chi connectivity index (χ2v) is 8.02. The van der Waals surface area contributed by atoms with Gasteiger partial charge >= 0.3 is 18.2 Å². The van der Waals surface area contributed by atoms with Gasteiger partial charge in [0.2, 0.25) is 0 Å². The van der Waals surface area contributed by atoms with Crippen LogP contribution in [-0.4, -0.2) is 48.1 Å². The number of rotatable bonds is 4. The molecule has 166 valence electrons. The van der Waals surface area contributed by atoms with Crippen molar-refractivity contribution in [1.29, 1.82) is 0 Å². The van der Waals surface area contributed by atoms with E-state index >= 15 is 0 Å². The van der Waals surface area contributed by atoms with E-state index in [1.165, 1.54) is 17.2 Å². The predicted octanol–water partition coefficient (Wildman–Crippen LogP) is 2.48. The fraction of sp³-hybridized carbons (Fsp3) is 0.579. The van der Waals surface area contributed by atoms with Gasteiger partial charge in [0, 0.05) is 24.8 Å². The molecule has 0 radical (unpaired) electrons. The molecule has 1 aliphatic rings. The summed E-state index contributed by atoms with van der Waals surface area (Å²) in [6, 6.07) is 1.43. The molecule has 1 aromatic heterocycles. The number of pyridine rings is 1. The van der Waals surface area contributed by atoms with Gasteiger partial charge in [-0.25, -0.2) is 9.78 Å². The molecule has 1 saturated heterocycles. The molecule has 3 amide bonds. The highest BCUT2D eigenvalue weighted by molar-refractivity contribution is 5.95. The number of amides is 3. The number of nitrogens with one attached hydrogen (secondary N) is 2. The third kappa shape index (κ3) is 6.89. The maximum absolute atomic E-state index is 13.2. The number of aromatic nitrogens is 1. The largest absolute Gasteiger partial charge is 0.455 e. The quantitative estimate of drug-likeness (QED) is 0.712. The SMILES string of the molecule is CC(C)(C)NC(=O)NC(=O)COC(=O)C1CCCN(c2ncccc2C(F)(F)F)C1. The van der Waals surface area contributed by atoms with Crippen LogP contribution < -0.4 is 15.5 Å². The molecular formula is C19H25F3N4O4. The Hall–Kier alpha value is -2.85. The summed E-state index contributed by atoms with van der Waals surface area (Å²) >= 11 is 0. The van der Waals surface area contributed by atoms with Crippen LogP contribution >= 0.6 is 0 Å². The van der Waals surface area contributed by atoms with Crippen LogP contribution in [0.2, 0.25) is 0 Å². The molecule has 0 aliphatic carbocycles. The van der Waals surface area contributed by atoms with Gasteiger partial charge in [0.05, 0.1) is 11.5 Å². The standard InChI is InChI=1S/C19H25F3N4O4/c1-18(2,3)25-17(29)24-14(27)11-30-16(28)12-6-5-9-26(10-12)15-13(19(20,21)22)7-4-8-23-15/h4,7-8,12H,5-6,9-11H2,1-3H3,(H2,24,25,27,29). The number of hydrogen-bond acceptors (Lipinski definition) is 6. The van der Waals surface area contributed by atoms with Crippen molar-refractivity contribution in [2.75, 3.05) is 24.6 Å². The van der Waals surface area contributed by atoms with Crippen LogP contribution in [0.3, 0.4) is 0 Å². The van der Waals surface area contributed by atoms with Crippen molar-refractivity contribution < 1.29 is 32.3 Å².